The lowest BCUT2D eigenvalue weighted by Gasteiger charge is -2.28. The van der Waals surface area contributed by atoms with Crippen molar-refractivity contribution in [1.82, 2.24) is 14.9 Å². The maximum Gasteiger partial charge on any atom is 0.410 e. The number of aromatic nitrogens is 2. The standard InChI is InChI=1S/C16H22FN3O3/c1-16(2,3)23-15(21)20-12-4-5-13(20)10(6-12)9-22-14-18-7-11(17)8-19-14/h7-8,10,12-13H,4-6,9H2,1-3H3. The lowest BCUT2D eigenvalue weighted by molar-refractivity contribution is 0.0198. The molecule has 2 bridgehead atoms. The largest absolute Gasteiger partial charge is 0.463 e. The molecule has 2 saturated heterocycles. The first-order valence-electron chi connectivity index (χ1n) is 7.95. The predicted octanol–water partition coefficient (Wildman–Crippen LogP) is 2.78. The van der Waals surface area contributed by atoms with Gasteiger partial charge < -0.3 is 14.4 Å². The molecule has 0 radical (unpaired) electrons. The Morgan fingerprint density at radius 2 is 2.04 bits per heavy atom. The molecule has 1 aromatic heterocycles. The van der Waals surface area contributed by atoms with Crippen LogP contribution in [-0.4, -0.2) is 45.3 Å². The van der Waals surface area contributed by atoms with Crippen molar-refractivity contribution in [2.24, 2.45) is 5.92 Å². The van der Waals surface area contributed by atoms with E-state index >= 15 is 0 Å². The van der Waals surface area contributed by atoms with Crippen molar-refractivity contribution in [2.45, 2.75) is 57.7 Å². The molecule has 7 heteroatoms. The molecule has 3 heterocycles. The number of amides is 1. The fraction of sp³-hybridized carbons (Fsp3) is 0.688. The number of carbonyl (C=O) groups excluding carboxylic acids is 1. The van der Waals surface area contributed by atoms with Crippen molar-refractivity contribution >= 4 is 6.09 Å². The van der Waals surface area contributed by atoms with Crippen LogP contribution < -0.4 is 4.74 Å². The average Bonchev–Trinajstić information content (AvgIpc) is 3.02. The summed E-state index contributed by atoms with van der Waals surface area (Å²) in [5.74, 6) is -0.261. The number of halogens is 1. The normalized spacial score (nSPS) is 26.4. The Morgan fingerprint density at radius 1 is 1.35 bits per heavy atom. The maximum absolute atomic E-state index is 12.8. The molecule has 0 N–H and O–H groups in total. The smallest absolute Gasteiger partial charge is 0.410 e. The third-order valence-corrected chi connectivity index (χ3v) is 4.29. The van der Waals surface area contributed by atoms with Gasteiger partial charge in [0.05, 0.1) is 19.0 Å². The van der Waals surface area contributed by atoms with Gasteiger partial charge in [0.15, 0.2) is 5.82 Å². The zero-order chi connectivity index (χ0) is 16.6. The highest BCUT2D eigenvalue weighted by Crippen LogP contribution is 2.42. The molecular formula is C16H22FN3O3. The number of fused-ring (bicyclic) bond motifs is 2. The van der Waals surface area contributed by atoms with Crippen molar-refractivity contribution in [1.29, 1.82) is 0 Å². The van der Waals surface area contributed by atoms with Crippen molar-refractivity contribution in [3.8, 4) is 6.01 Å². The average molecular weight is 323 g/mol. The molecule has 23 heavy (non-hydrogen) atoms. The van der Waals surface area contributed by atoms with Crippen LogP contribution >= 0.6 is 0 Å². The minimum atomic E-state index is -0.493. The molecule has 2 fully saturated rings. The zero-order valence-corrected chi connectivity index (χ0v) is 13.7. The Labute approximate surface area is 135 Å². The predicted molar refractivity (Wildman–Crippen MR) is 80.5 cm³/mol. The zero-order valence-electron chi connectivity index (χ0n) is 13.7. The lowest BCUT2D eigenvalue weighted by atomic mass is 9.90. The summed E-state index contributed by atoms with van der Waals surface area (Å²) >= 11 is 0. The fourth-order valence-corrected chi connectivity index (χ4v) is 3.45. The van der Waals surface area contributed by atoms with Gasteiger partial charge in [-0.05, 0) is 40.0 Å². The first-order valence-corrected chi connectivity index (χ1v) is 7.95. The Hall–Kier alpha value is -1.92. The first kappa shape index (κ1) is 16.0. The second kappa shape index (κ2) is 5.94. The van der Waals surface area contributed by atoms with E-state index in [-0.39, 0.29) is 30.1 Å². The number of carbonyl (C=O) groups is 1. The summed E-state index contributed by atoms with van der Waals surface area (Å²) in [6.07, 6.45) is 4.78. The van der Waals surface area contributed by atoms with Crippen LogP contribution in [0.25, 0.3) is 0 Å². The number of nitrogens with zero attached hydrogens (tertiary/aromatic N) is 3. The summed E-state index contributed by atoms with van der Waals surface area (Å²) in [5, 5.41) is 0. The van der Waals surface area contributed by atoms with Crippen LogP contribution in [0.5, 0.6) is 6.01 Å². The van der Waals surface area contributed by atoms with Crippen molar-refractivity contribution in [3.63, 3.8) is 0 Å². The Bertz CT molecular complexity index is 573. The van der Waals surface area contributed by atoms with Gasteiger partial charge in [0, 0.05) is 18.0 Å². The second-order valence-corrected chi connectivity index (χ2v) is 7.18. The minimum absolute atomic E-state index is 0.135. The number of hydrogen-bond acceptors (Lipinski definition) is 5. The molecule has 0 saturated carbocycles. The highest BCUT2D eigenvalue weighted by Gasteiger charge is 2.50. The van der Waals surface area contributed by atoms with E-state index in [4.69, 9.17) is 9.47 Å². The van der Waals surface area contributed by atoms with Gasteiger partial charge in [0.25, 0.3) is 0 Å². The summed E-state index contributed by atoms with van der Waals surface area (Å²) in [7, 11) is 0. The summed E-state index contributed by atoms with van der Waals surface area (Å²) in [5.41, 5.74) is -0.493. The van der Waals surface area contributed by atoms with Gasteiger partial charge in [-0.2, -0.15) is 0 Å². The van der Waals surface area contributed by atoms with Crippen LogP contribution in [0.2, 0.25) is 0 Å². The fourth-order valence-electron chi connectivity index (χ4n) is 3.45. The highest BCUT2D eigenvalue weighted by molar-refractivity contribution is 5.70. The molecule has 3 atom stereocenters. The Balaban J connectivity index is 1.59. The van der Waals surface area contributed by atoms with E-state index in [1.54, 1.807) is 0 Å². The molecule has 2 aliphatic rings. The highest BCUT2D eigenvalue weighted by atomic mass is 19.1. The van der Waals surface area contributed by atoms with Gasteiger partial charge in [-0.1, -0.05) is 0 Å². The van der Waals surface area contributed by atoms with E-state index in [1.165, 1.54) is 0 Å². The van der Waals surface area contributed by atoms with Crippen LogP contribution in [0.1, 0.15) is 40.0 Å². The van der Waals surface area contributed by atoms with E-state index in [9.17, 15) is 9.18 Å². The molecular weight excluding hydrogens is 301 g/mol. The molecule has 1 aromatic rings. The monoisotopic (exact) mass is 323 g/mol. The Morgan fingerprint density at radius 3 is 2.70 bits per heavy atom. The van der Waals surface area contributed by atoms with Gasteiger partial charge in [0.1, 0.15) is 5.60 Å². The van der Waals surface area contributed by atoms with Gasteiger partial charge in [-0.3, -0.25) is 0 Å². The quantitative estimate of drug-likeness (QED) is 0.856. The first-order chi connectivity index (χ1) is 10.8. The molecule has 126 valence electrons. The molecule has 3 unspecified atom stereocenters. The van der Waals surface area contributed by atoms with Gasteiger partial charge in [-0.15, -0.1) is 0 Å². The minimum Gasteiger partial charge on any atom is -0.463 e. The van der Waals surface area contributed by atoms with Crippen LogP contribution in [0, 0.1) is 11.7 Å². The number of ether oxygens (including phenoxy) is 2. The topological polar surface area (TPSA) is 64.5 Å². The summed E-state index contributed by atoms with van der Waals surface area (Å²) in [4.78, 5) is 21.8. The maximum atomic E-state index is 12.8. The molecule has 0 spiro atoms. The number of hydrogen-bond donors (Lipinski definition) is 0. The summed E-state index contributed by atoms with van der Waals surface area (Å²) in [6, 6.07) is 0.519. The summed E-state index contributed by atoms with van der Waals surface area (Å²) < 4.78 is 23.9. The van der Waals surface area contributed by atoms with E-state index in [0.717, 1.165) is 31.7 Å². The van der Waals surface area contributed by atoms with E-state index in [0.29, 0.717) is 6.61 Å². The van der Waals surface area contributed by atoms with Crippen LogP contribution in [0.3, 0.4) is 0 Å². The molecule has 1 amide bonds. The van der Waals surface area contributed by atoms with Crippen LogP contribution in [0.4, 0.5) is 9.18 Å². The Kier molecular flexibility index (Phi) is 4.12. The molecule has 0 aliphatic carbocycles. The van der Waals surface area contributed by atoms with Crippen LogP contribution in [0.15, 0.2) is 12.4 Å². The van der Waals surface area contributed by atoms with Crippen molar-refractivity contribution < 1.29 is 18.7 Å². The molecule has 2 aliphatic heterocycles. The molecule has 3 rings (SSSR count). The van der Waals surface area contributed by atoms with Gasteiger partial charge in [0.2, 0.25) is 0 Å². The molecule has 6 nitrogen and oxygen atoms in total. The lowest BCUT2D eigenvalue weighted by Crippen LogP contribution is -2.41. The second-order valence-electron chi connectivity index (χ2n) is 7.18. The van der Waals surface area contributed by atoms with E-state index < -0.39 is 11.4 Å². The van der Waals surface area contributed by atoms with Gasteiger partial charge >= 0.3 is 12.1 Å². The van der Waals surface area contributed by atoms with Crippen molar-refractivity contribution in [3.05, 3.63) is 18.2 Å². The number of rotatable bonds is 3. The summed E-state index contributed by atoms with van der Waals surface area (Å²) in [6.45, 7) is 6.03. The molecule has 0 aromatic carbocycles. The third kappa shape index (κ3) is 3.54. The van der Waals surface area contributed by atoms with E-state index in [2.05, 4.69) is 9.97 Å². The van der Waals surface area contributed by atoms with Crippen LogP contribution in [-0.2, 0) is 4.74 Å². The SMILES string of the molecule is CC(C)(C)OC(=O)N1C2CCC1C(COc1ncc(F)cn1)C2. The third-order valence-electron chi connectivity index (χ3n) is 4.29. The van der Waals surface area contributed by atoms with Crippen molar-refractivity contribution in [2.75, 3.05) is 6.61 Å². The van der Waals surface area contributed by atoms with E-state index in [1.807, 2.05) is 25.7 Å². The van der Waals surface area contributed by atoms with Gasteiger partial charge in [-0.25, -0.2) is 19.2 Å².